The Morgan fingerprint density at radius 3 is 2.36 bits per heavy atom. The van der Waals surface area contributed by atoms with E-state index in [4.69, 9.17) is 10.5 Å². The maximum atomic E-state index is 12.4. The van der Waals surface area contributed by atoms with E-state index >= 15 is 0 Å². The first-order valence-corrected chi connectivity index (χ1v) is 8.37. The van der Waals surface area contributed by atoms with Crippen LogP contribution in [0.3, 0.4) is 0 Å². The predicted octanol–water partition coefficient (Wildman–Crippen LogP) is 2.47. The second-order valence-corrected chi connectivity index (χ2v) is 7.10. The van der Waals surface area contributed by atoms with Gasteiger partial charge in [-0.05, 0) is 37.5 Å². The van der Waals surface area contributed by atoms with Crippen LogP contribution in [0.25, 0.3) is 0 Å². The summed E-state index contributed by atoms with van der Waals surface area (Å²) in [5, 5.41) is 9.52. The fraction of sp³-hybridized carbons (Fsp3) is 0.882. The molecule has 0 bridgehead atoms. The highest BCUT2D eigenvalue weighted by Crippen LogP contribution is 2.30. The van der Waals surface area contributed by atoms with Crippen LogP contribution in [-0.2, 0) is 14.3 Å². The van der Waals surface area contributed by atoms with E-state index in [1.807, 2.05) is 20.8 Å². The summed E-state index contributed by atoms with van der Waals surface area (Å²) in [4.78, 5) is 24.0. The van der Waals surface area contributed by atoms with Crippen LogP contribution < -0.4 is 5.73 Å². The summed E-state index contributed by atoms with van der Waals surface area (Å²) in [6, 6.07) is -0.505. The first-order chi connectivity index (χ1) is 10.2. The number of carboxylic acids is 1. The molecule has 1 aliphatic rings. The molecule has 0 spiro atoms. The predicted molar refractivity (Wildman–Crippen MR) is 85.5 cm³/mol. The van der Waals surface area contributed by atoms with E-state index < -0.39 is 17.9 Å². The number of ether oxygens (including phenoxy) is 1. The molecule has 5 atom stereocenters. The second-order valence-electron chi connectivity index (χ2n) is 7.10. The molecular weight excluding hydrogens is 282 g/mol. The van der Waals surface area contributed by atoms with Crippen molar-refractivity contribution < 1.29 is 19.4 Å². The molecule has 1 fully saturated rings. The van der Waals surface area contributed by atoms with Crippen LogP contribution in [0.2, 0.25) is 0 Å². The number of nitrogens with two attached hydrogens (primary N) is 1. The third kappa shape index (κ3) is 5.36. The van der Waals surface area contributed by atoms with Gasteiger partial charge in [0.15, 0.2) is 5.78 Å². The maximum Gasteiger partial charge on any atom is 0.306 e. The summed E-state index contributed by atoms with van der Waals surface area (Å²) in [5.41, 5.74) is 5.98. The molecule has 5 heteroatoms. The minimum atomic E-state index is -0.847. The molecule has 0 amide bonds. The number of hydrogen-bond acceptors (Lipinski definition) is 4. The lowest BCUT2D eigenvalue weighted by atomic mass is 9.77. The average molecular weight is 313 g/mol. The number of Topliss-reactive ketones (excluding diaryl/α,β-unsaturated/α-hetero) is 1. The van der Waals surface area contributed by atoms with Crippen LogP contribution in [0.15, 0.2) is 0 Å². The molecule has 1 rings (SSSR count). The van der Waals surface area contributed by atoms with Crippen LogP contribution >= 0.6 is 0 Å². The van der Waals surface area contributed by atoms with E-state index in [1.54, 1.807) is 6.92 Å². The molecule has 1 aliphatic heterocycles. The summed E-state index contributed by atoms with van der Waals surface area (Å²) < 4.78 is 5.55. The van der Waals surface area contributed by atoms with Crippen molar-refractivity contribution in [1.82, 2.24) is 0 Å². The van der Waals surface area contributed by atoms with Crippen LogP contribution in [0.1, 0.15) is 53.4 Å². The first-order valence-electron chi connectivity index (χ1n) is 8.37. The lowest BCUT2D eigenvalue weighted by Gasteiger charge is -2.28. The van der Waals surface area contributed by atoms with Crippen LogP contribution in [0, 0.1) is 23.7 Å². The van der Waals surface area contributed by atoms with E-state index in [2.05, 4.69) is 0 Å². The van der Waals surface area contributed by atoms with Crippen molar-refractivity contribution in [3.63, 3.8) is 0 Å². The molecule has 0 aromatic rings. The molecule has 1 heterocycles. The fourth-order valence-corrected chi connectivity index (χ4v) is 3.22. The van der Waals surface area contributed by atoms with Gasteiger partial charge in [-0.15, -0.1) is 0 Å². The second kappa shape index (κ2) is 8.63. The van der Waals surface area contributed by atoms with Crippen LogP contribution in [0.5, 0.6) is 0 Å². The van der Waals surface area contributed by atoms with Gasteiger partial charge in [-0.3, -0.25) is 9.59 Å². The number of aliphatic carboxylic acids is 1. The number of ketones is 1. The smallest absolute Gasteiger partial charge is 0.306 e. The van der Waals surface area contributed by atoms with Crippen molar-refractivity contribution >= 4 is 11.8 Å². The molecule has 3 N–H and O–H groups in total. The van der Waals surface area contributed by atoms with Crippen molar-refractivity contribution in [3.05, 3.63) is 0 Å². The van der Waals surface area contributed by atoms with Crippen LogP contribution in [0.4, 0.5) is 0 Å². The monoisotopic (exact) mass is 313 g/mol. The highest BCUT2D eigenvalue weighted by Gasteiger charge is 2.36. The summed E-state index contributed by atoms with van der Waals surface area (Å²) in [6.07, 6.45) is 3.02. The highest BCUT2D eigenvalue weighted by atomic mass is 16.5. The van der Waals surface area contributed by atoms with Gasteiger partial charge in [-0.1, -0.05) is 27.7 Å². The molecule has 0 aromatic carbocycles. The Morgan fingerprint density at radius 2 is 1.91 bits per heavy atom. The molecule has 1 saturated heterocycles. The van der Waals surface area contributed by atoms with E-state index in [-0.39, 0.29) is 23.7 Å². The normalized spacial score (nSPS) is 24.0. The minimum absolute atomic E-state index is 0.00943. The number of carbonyl (C=O) groups excluding carboxylic acids is 1. The average Bonchev–Trinajstić information content (AvgIpc) is 2.94. The largest absolute Gasteiger partial charge is 0.481 e. The zero-order valence-electron chi connectivity index (χ0n) is 14.2. The van der Waals surface area contributed by atoms with Gasteiger partial charge in [0.25, 0.3) is 0 Å². The highest BCUT2D eigenvalue weighted by molar-refractivity contribution is 5.86. The van der Waals surface area contributed by atoms with E-state index in [0.717, 1.165) is 12.8 Å². The Hall–Kier alpha value is -0.940. The summed E-state index contributed by atoms with van der Waals surface area (Å²) in [7, 11) is 0. The van der Waals surface area contributed by atoms with E-state index in [9.17, 15) is 14.7 Å². The van der Waals surface area contributed by atoms with Gasteiger partial charge in [0.2, 0.25) is 0 Å². The first kappa shape index (κ1) is 19.1. The topological polar surface area (TPSA) is 89.6 Å². The SMILES string of the molecule is CC(C)CC(N)C(=O)C(C)C(C)C(CC1CCCO1)C(=O)O. The standard InChI is InChI=1S/C17H31NO4/c1-10(2)8-15(18)16(19)12(4)11(3)14(17(20)21)9-13-6-5-7-22-13/h10-15H,5-9,18H2,1-4H3,(H,20,21). The molecule has 0 radical (unpaired) electrons. The van der Waals surface area contributed by atoms with Crippen molar-refractivity contribution in [2.24, 2.45) is 29.4 Å². The minimum Gasteiger partial charge on any atom is -0.481 e. The Labute approximate surface area is 133 Å². The van der Waals surface area contributed by atoms with Gasteiger partial charge in [0.1, 0.15) is 0 Å². The van der Waals surface area contributed by atoms with Gasteiger partial charge >= 0.3 is 5.97 Å². The van der Waals surface area contributed by atoms with Crippen molar-refractivity contribution in [2.45, 2.75) is 65.5 Å². The molecule has 0 aromatic heterocycles. The van der Waals surface area contributed by atoms with Gasteiger partial charge in [0, 0.05) is 12.5 Å². The zero-order chi connectivity index (χ0) is 16.9. The van der Waals surface area contributed by atoms with E-state index in [1.165, 1.54) is 0 Å². The molecule has 5 nitrogen and oxygen atoms in total. The number of carboxylic acid groups (broad SMARTS) is 1. The van der Waals surface area contributed by atoms with Crippen molar-refractivity contribution in [1.29, 1.82) is 0 Å². The lowest BCUT2D eigenvalue weighted by molar-refractivity contribution is -0.146. The van der Waals surface area contributed by atoms with Crippen molar-refractivity contribution in [3.8, 4) is 0 Å². The number of rotatable bonds is 9. The molecule has 128 valence electrons. The zero-order valence-corrected chi connectivity index (χ0v) is 14.2. The third-order valence-corrected chi connectivity index (χ3v) is 4.82. The van der Waals surface area contributed by atoms with Gasteiger partial charge in [-0.2, -0.15) is 0 Å². The fourth-order valence-electron chi connectivity index (χ4n) is 3.22. The Kier molecular flexibility index (Phi) is 7.49. The summed E-state index contributed by atoms with van der Waals surface area (Å²) in [6.45, 7) is 8.41. The Morgan fingerprint density at radius 1 is 1.27 bits per heavy atom. The van der Waals surface area contributed by atoms with Crippen molar-refractivity contribution in [2.75, 3.05) is 6.61 Å². The summed E-state index contributed by atoms with van der Waals surface area (Å²) in [5.74, 6) is -1.68. The molecule has 0 saturated carbocycles. The molecular formula is C17H31NO4. The van der Waals surface area contributed by atoms with Gasteiger partial charge in [-0.25, -0.2) is 0 Å². The van der Waals surface area contributed by atoms with E-state index in [0.29, 0.717) is 25.4 Å². The third-order valence-electron chi connectivity index (χ3n) is 4.82. The quantitative estimate of drug-likeness (QED) is 0.682. The Balaban J connectivity index is 2.68. The Bertz CT molecular complexity index is 377. The van der Waals surface area contributed by atoms with Crippen LogP contribution in [-0.4, -0.2) is 35.6 Å². The number of hydrogen-bond donors (Lipinski definition) is 2. The molecule has 5 unspecified atom stereocenters. The number of carbonyl (C=O) groups is 2. The maximum absolute atomic E-state index is 12.4. The molecule has 22 heavy (non-hydrogen) atoms. The summed E-state index contributed by atoms with van der Waals surface area (Å²) >= 11 is 0. The van der Waals surface area contributed by atoms with Gasteiger partial charge < -0.3 is 15.6 Å². The lowest BCUT2D eigenvalue weighted by Crippen LogP contribution is -2.41. The molecule has 0 aliphatic carbocycles. The van der Waals surface area contributed by atoms with Gasteiger partial charge in [0.05, 0.1) is 18.1 Å².